The monoisotopic (exact) mass is 242 g/mol. The maximum Gasteiger partial charge on any atom is 0.413 e. The number of carbonyl (C=O) groups excluding carboxylic acids is 1. The van der Waals surface area contributed by atoms with Crippen molar-refractivity contribution in [2.24, 2.45) is 0 Å². The first-order valence-electron chi connectivity index (χ1n) is 4.83. The molecule has 0 aliphatic carbocycles. The number of halogens is 1. The van der Waals surface area contributed by atoms with Crippen LogP contribution in [0.25, 0.3) is 0 Å². The molecule has 0 spiro atoms. The molecule has 5 heteroatoms. The number of amides is 1. The van der Waals surface area contributed by atoms with Crippen LogP contribution < -0.4 is 15.8 Å². The summed E-state index contributed by atoms with van der Waals surface area (Å²) in [6, 6.07) is 4.67. The highest BCUT2D eigenvalue weighted by Crippen LogP contribution is 2.24. The summed E-state index contributed by atoms with van der Waals surface area (Å²) in [5.41, 5.74) is 5.64. The van der Waals surface area contributed by atoms with Gasteiger partial charge < -0.3 is 15.8 Å². The van der Waals surface area contributed by atoms with Gasteiger partial charge in [0, 0.05) is 11.6 Å². The molecular formula is C11H15ClN2O2. The van der Waals surface area contributed by atoms with Crippen LogP contribution in [0.15, 0.2) is 18.2 Å². The lowest BCUT2D eigenvalue weighted by Gasteiger charge is -2.19. The Morgan fingerprint density at radius 1 is 1.44 bits per heavy atom. The van der Waals surface area contributed by atoms with Gasteiger partial charge in [0.05, 0.1) is 10.7 Å². The van der Waals surface area contributed by atoms with Crippen LogP contribution >= 0.6 is 11.6 Å². The van der Waals surface area contributed by atoms with E-state index in [1.807, 2.05) is 20.8 Å². The van der Waals surface area contributed by atoms with E-state index in [1.54, 1.807) is 12.1 Å². The van der Waals surface area contributed by atoms with E-state index < -0.39 is 6.09 Å². The largest absolute Gasteiger partial charge is 0.413 e. The molecular weight excluding hydrogens is 228 g/mol. The molecule has 0 radical (unpaired) electrons. The molecule has 0 fully saturated rings. The smallest absolute Gasteiger partial charge is 0.410 e. The second-order valence-electron chi connectivity index (χ2n) is 4.45. The summed E-state index contributed by atoms with van der Waals surface area (Å²) in [6.07, 6.45) is -0.520. The van der Waals surface area contributed by atoms with Crippen LogP contribution in [0.2, 0.25) is 5.02 Å². The maximum absolute atomic E-state index is 11.4. The molecule has 0 atom stereocenters. The van der Waals surface area contributed by atoms with Crippen molar-refractivity contribution >= 4 is 23.4 Å². The highest BCUT2D eigenvalue weighted by molar-refractivity contribution is 6.33. The fraction of sp³-hybridized carbons (Fsp3) is 0.364. The summed E-state index contributed by atoms with van der Waals surface area (Å²) >= 11 is 5.79. The average Bonchev–Trinajstić information content (AvgIpc) is 2.08. The van der Waals surface area contributed by atoms with E-state index in [1.165, 1.54) is 6.07 Å². The summed E-state index contributed by atoms with van der Waals surface area (Å²) < 4.78 is 5.04. The van der Waals surface area contributed by atoms with E-state index in [-0.39, 0.29) is 5.54 Å². The number of hydrogen-bond acceptors (Lipinski definition) is 3. The second kappa shape index (κ2) is 4.61. The highest BCUT2D eigenvalue weighted by Gasteiger charge is 2.15. The molecule has 0 heterocycles. The van der Waals surface area contributed by atoms with Gasteiger partial charge in [-0.15, -0.1) is 0 Å². The van der Waals surface area contributed by atoms with Crippen LogP contribution in [0, 0.1) is 0 Å². The minimum Gasteiger partial charge on any atom is -0.410 e. The standard InChI is InChI=1S/C11H15ClN2O2/c1-11(2,3)14-10(15)16-7-4-5-9(13)8(12)6-7/h4-6H,13H2,1-3H3,(H,14,15). The zero-order valence-corrected chi connectivity index (χ0v) is 10.3. The number of nitrogen functional groups attached to an aromatic ring is 1. The minimum absolute atomic E-state index is 0.339. The van der Waals surface area contributed by atoms with E-state index in [2.05, 4.69) is 5.32 Å². The van der Waals surface area contributed by atoms with E-state index >= 15 is 0 Å². The Hall–Kier alpha value is -1.42. The Bertz CT molecular complexity index is 399. The number of ether oxygens (including phenoxy) is 1. The Kier molecular flexibility index (Phi) is 3.65. The van der Waals surface area contributed by atoms with Gasteiger partial charge in [0.2, 0.25) is 0 Å². The van der Waals surface area contributed by atoms with Gasteiger partial charge in [-0.05, 0) is 32.9 Å². The number of rotatable bonds is 1. The lowest BCUT2D eigenvalue weighted by molar-refractivity contribution is 0.190. The van der Waals surface area contributed by atoms with E-state index in [9.17, 15) is 4.79 Å². The molecule has 0 saturated carbocycles. The minimum atomic E-state index is -0.520. The Morgan fingerprint density at radius 3 is 2.56 bits per heavy atom. The van der Waals surface area contributed by atoms with Crippen LogP contribution in [-0.4, -0.2) is 11.6 Å². The molecule has 0 saturated heterocycles. The molecule has 3 N–H and O–H groups in total. The van der Waals surface area contributed by atoms with Crippen LogP contribution in [-0.2, 0) is 0 Å². The number of nitrogens with one attached hydrogen (secondary N) is 1. The van der Waals surface area contributed by atoms with Crippen LogP contribution in [0.3, 0.4) is 0 Å². The van der Waals surface area contributed by atoms with Crippen molar-refractivity contribution in [1.82, 2.24) is 5.32 Å². The second-order valence-corrected chi connectivity index (χ2v) is 4.86. The predicted molar refractivity (Wildman–Crippen MR) is 64.8 cm³/mol. The molecule has 4 nitrogen and oxygen atoms in total. The number of hydrogen-bond donors (Lipinski definition) is 2. The van der Waals surface area contributed by atoms with Crippen molar-refractivity contribution in [3.8, 4) is 5.75 Å². The van der Waals surface area contributed by atoms with E-state index in [0.29, 0.717) is 16.5 Å². The molecule has 0 aliphatic heterocycles. The maximum atomic E-state index is 11.4. The predicted octanol–water partition coefficient (Wildman–Crippen LogP) is 2.81. The third kappa shape index (κ3) is 3.98. The van der Waals surface area contributed by atoms with E-state index in [4.69, 9.17) is 22.1 Å². The zero-order chi connectivity index (χ0) is 12.3. The first-order valence-corrected chi connectivity index (χ1v) is 5.21. The number of nitrogens with two attached hydrogens (primary N) is 1. The lowest BCUT2D eigenvalue weighted by atomic mass is 10.1. The van der Waals surface area contributed by atoms with Crippen molar-refractivity contribution in [2.75, 3.05) is 5.73 Å². The molecule has 1 aromatic carbocycles. The summed E-state index contributed by atoms with van der Waals surface area (Å²) in [4.78, 5) is 11.4. The molecule has 0 bridgehead atoms. The van der Waals surface area contributed by atoms with Gasteiger partial charge in [0.25, 0.3) is 0 Å². The van der Waals surface area contributed by atoms with Gasteiger partial charge in [0.15, 0.2) is 0 Å². The summed E-state index contributed by atoms with van der Waals surface area (Å²) in [5, 5.41) is 3.03. The molecule has 16 heavy (non-hydrogen) atoms. The van der Waals surface area contributed by atoms with Gasteiger partial charge in [-0.2, -0.15) is 0 Å². The number of anilines is 1. The quantitative estimate of drug-likeness (QED) is 0.745. The molecule has 1 amide bonds. The van der Waals surface area contributed by atoms with Crippen LogP contribution in [0.5, 0.6) is 5.75 Å². The molecule has 0 unspecified atom stereocenters. The number of benzene rings is 1. The first-order chi connectivity index (χ1) is 7.28. The third-order valence-corrected chi connectivity index (χ3v) is 1.99. The molecule has 88 valence electrons. The Morgan fingerprint density at radius 2 is 2.06 bits per heavy atom. The molecule has 1 aromatic rings. The lowest BCUT2D eigenvalue weighted by Crippen LogP contribution is -2.42. The van der Waals surface area contributed by atoms with Crippen molar-refractivity contribution in [2.45, 2.75) is 26.3 Å². The fourth-order valence-corrected chi connectivity index (χ4v) is 1.18. The van der Waals surface area contributed by atoms with Gasteiger partial charge >= 0.3 is 6.09 Å². The molecule has 0 aromatic heterocycles. The van der Waals surface area contributed by atoms with E-state index in [0.717, 1.165) is 0 Å². The van der Waals surface area contributed by atoms with Crippen molar-refractivity contribution < 1.29 is 9.53 Å². The third-order valence-electron chi connectivity index (χ3n) is 1.66. The summed E-state index contributed by atoms with van der Waals surface area (Å²) in [7, 11) is 0. The van der Waals surface area contributed by atoms with Gasteiger partial charge in [-0.3, -0.25) is 0 Å². The fourth-order valence-electron chi connectivity index (χ4n) is 1.01. The zero-order valence-electron chi connectivity index (χ0n) is 9.50. The normalized spacial score (nSPS) is 11.0. The average molecular weight is 243 g/mol. The SMILES string of the molecule is CC(C)(C)NC(=O)Oc1ccc(N)c(Cl)c1. The van der Waals surface area contributed by atoms with Crippen molar-refractivity contribution in [3.63, 3.8) is 0 Å². The molecule has 1 rings (SSSR count). The highest BCUT2D eigenvalue weighted by atomic mass is 35.5. The first kappa shape index (κ1) is 12.6. The molecule has 0 aliphatic rings. The van der Waals surface area contributed by atoms with Crippen molar-refractivity contribution in [3.05, 3.63) is 23.2 Å². The van der Waals surface area contributed by atoms with Crippen LogP contribution in [0.1, 0.15) is 20.8 Å². The van der Waals surface area contributed by atoms with Gasteiger partial charge in [0.1, 0.15) is 5.75 Å². The van der Waals surface area contributed by atoms with Gasteiger partial charge in [-0.1, -0.05) is 11.6 Å². The topological polar surface area (TPSA) is 64.3 Å². The summed E-state index contributed by atoms with van der Waals surface area (Å²) in [6.45, 7) is 5.60. The van der Waals surface area contributed by atoms with Crippen molar-refractivity contribution in [1.29, 1.82) is 0 Å². The van der Waals surface area contributed by atoms with Gasteiger partial charge in [-0.25, -0.2) is 4.79 Å². The number of carbonyl (C=O) groups is 1. The Balaban J connectivity index is 2.67. The van der Waals surface area contributed by atoms with Crippen LogP contribution in [0.4, 0.5) is 10.5 Å². The summed E-state index contributed by atoms with van der Waals surface area (Å²) in [5.74, 6) is 0.362. The Labute approximate surface area is 99.7 Å².